The third-order valence-electron chi connectivity index (χ3n) is 2.77. The number of nitrogens with one attached hydrogen (secondary N) is 1. The lowest BCUT2D eigenvalue weighted by atomic mass is 10.1. The summed E-state index contributed by atoms with van der Waals surface area (Å²) in [6.07, 6.45) is 0.285. The Morgan fingerprint density at radius 3 is 2.71 bits per heavy atom. The van der Waals surface area contributed by atoms with Crippen molar-refractivity contribution < 1.29 is 14.3 Å². The molecule has 0 aliphatic heterocycles. The number of benzene rings is 1. The number of carbonyl (C=O) groups is 1. The fourth-order valence-electron chi connectivity index (χ4n) is 1.64. The molecule has 0 radical (unpaired) electrons. The zero-order valence-electron chi connectivity index (χ0n) is 10.7. The molecule has 0 fully saturated rings. The number of nitrogens with zero attached hydrogens (tertiary/aromatic N) is 1. The average molecular weight is 329 g/mol. The van der Waals surface area contributed by atoms with Crippen LogP contribution in [0.1, 0.15) is 22.0 Å². The Morgan fingerprint density at radius 2 is 2.10 bits per heavy atom. The summed E-state index contributed by atoms with van der Waals surface area (Å²) < 4.78 is 13.3. The molecule has 7 heteroatoms. The minimum absolute atomic E-state index is 0.0257. The maximum atomic E-state index is 13.3. The van der Waals surface area contributed by atoms with E-state index in [-0.39, 0.29) is 16.7 Å². The Balaban J connectivity index is 1.97. The van der Waals surface area contributed by atoms with Crippen LogP contribution >= 0.6 is 23.2 Å². The quantitative estimate of drug-likeness (QED) is 0.848. The van der Waals surface area contributed by atoms with Gasteiger partial charge in [0.1, 0.15) is 11.0 Å². The first-order valence-electron chi connectivity index (χ1n) is 6.00. The molecular weight excluding hydrogens is 318 g/mol. The fraction of sp³-hybridized carbons (Fsp3) is 0.143. The second-order valence-electron chi connectivity index (χ2n) is 4.27. The first kappa shape index (κ1) is 15.7. The Hall–Kier alpha value is -1.69. The summed E-state index contributed by atoms with van der Waals surface area (Å²) in [5.41, 5.74) is 0.639. The normalized spacial score (nSPS) is 12.0. The van der Waals surface area contributed by atoms with Gasteiger partial charge in [-0.2, -0.15) is 0 Å². The molecule has 110 valence electrons. The number of halogens is 3. The van der Waals surface area contributed by atoms with Crippen molar-refractivity contribution in [3.8, 4) is 0 Å². The van der Waals surface area contributed by atoms with Crippen molar-refractivity contribution in [2.75, 3.05) is 6.54 Å². The second kappa shape index (κ2) is 6.85. The van der Waals surface area contributed by atoms with Crippen LogP contribution in [0.25, 0.3) is 0 Å². The zero-order chi connectivity index (χ0) is 15.4. The van der Waals surface area contributed by atoms with Gasteiger partial charge in [-0.15, -0.1) is 0 Å². The molecule has 0 aliphatic carbocycles. The van der Waals surface area contributed by atoms with Crippen LogP contribution in [0.2, 0.25) is 10.2 Å². The number of amides is 1. The van der Waals surface area contributed by atoms with Crippen LogP contribution in [0.5, 0.6) is 0 Å². The number of aliphatic hydroxyl groups is 1. The van der Waals surface area contributed by atoms with E-state index in [1.165, 1.54) is 30.5 Å². The second-order valence-corrected chi connectivity index (χ2v) is 5.06. The van der Waals surface area contributed by atoms with Crippen molar-refractivity contribution in [1.29, 1.82) is 0 Å². The third kappa shape index (κ3) is 4.14. The minimum Gasteiger partial charge on any atom is -0.387 e. The van der Waals surface area contributed by atoms with E-state index in [0.29, 0.717) is 11.1 Å². The summed E-state index contributed by atoms with van der Waals surface area (Å²) in [7, 11) is 0. The fourth-order valence-corrected chi connectivity index (χ4v) is 1.87. The van der Waals surface area contributed by atoms with E-state index >= 15 is 0 Å². The smallest absolute Gasteiger partial charge is 0.252 e. The number of hydrogen-bond donors (Lipinski definition) is 2. The molecule has 21 heavy (non-hydrogen) atoms. The molecular formula is C14H11Cl2FN2O2. The molecule has 2 rings (SSSR count). The van der Waals surface area contributed by atoms with Crippen LogP contribution in [0.15, 0.2) is 36.5 Å². The number of rotatable bonds is 4. The molecule has 0 aliphatic rings. The van der Waals surface area contributed by atoms with Crippen molar-refractivity contribution in [1.82, 2.24) is 10.3 Å². The van der Waals surface area contributed by atoms with Gasteiger partial charge in [0, 0.05) is 12.7 Å². The Morgan fingerprint density at radius 1 is 1.33 bits per heavy atom. The standard InChI is InChI=1S/C14H11Cl2FN2O2/c15-10-3-1-8(5-11(10)17)12(20)7-19-14(21)9-2-4-13(16)18-6-9/h1-6,12,20H,7H2,(H,19,21). The Kier molecular flexibility index (Phi) is 5.12. The SMILES string of the molecule is O=C(NCC(O)c1ccc(Cl)c(F)c1)c1ccc(Cl)nc1. The molecule has 0 saturated carbocycles. The van der Waals surface area contributed by atoms with Crippen LogP contribution in [0.4, 0.5) is 4.39 Å². The molecule has 0 saturated heterocycles. The number of pyridine rings is 1. The van der Waals surface area contributed by atoms with Crippen LogP contribution < -0.4 is 5.32 Å². The van der Waals surface area contributed by atoms with E-state index in [0.717, 1.165) is 6.07 Å². The van der Waals surface area contributed by atoms with Crippen LogP contribution in [-0.2, 0) is 0 Å². The van der Waals surface area contributed by atoms with Crippen molar-refractivity contribution in [3.05, 3.63) is 63.6 Å². The molecule has 2 N–H and O–H groups in total. The third-order valence-corrected chi connectivity index (χ3v) is 3.30. The molecule has 1 amide bonds. The van der Waals surface area contributed by atoms with Gasteiger partial charge in [0.2, 0.25) is 0 Å². The molecule has 0 bridgehead atoms. The highest BCUT2D eigenvalue weighted by Gasteiger charge is 2.13. The van der Waals surface area contributed by atoms with Crippen molar-refractivity contribution in [2.24, 2.45) is 0 Å². The van der Waals surface area contributed by atoms with Gasteiger partial charge in [-0.05, 0) is 29.8 Å². The van der Waals surface area contributed by atoms with Gasteiger partial charge < -0.3 is 10.4 Å². The molecule has 1 heterocycles. The summed E-state index contributed by atoms with van der Waals surface area (Å²) in [4.78, 5) is 15.6. The number of hydrogen-bond acceptors (Lipinski definition) is 3. The number of carbonyl (C=O) groups excluding carboxylic acids is 1. The van der Waals surface area contributed by atoms with E-state index in [1.807, 2.05) is 0 Å². The van der Waals surface area contributed by atoms with Gasteiger partial charge in [-0.3, -0.25) is 4.79 Å². The Bertz CT molecular complexity index is 650. The average Bonchev–Trinajstić information content (AvgIpc) is 2.48. The van der Waals surface area contributed by atoms with Crippen molar-refractivity contribution in [2.45, 2.75) is 6.10 Å². The highest BCUT2D eigenvalue weighted by molar-refractivity contribution is 6.30. The summed E-state index contributed by atoms with van der Waals surface area (Å²) in [6.45, 7) is -0.0669. The topological polar surface area (TPSA) is 62.2 Å². The van der Waals surface area contributed by atoms with Crippen LogP contribution in [0.3, 0.4) is 0 Å². The molecule has 0 spiro atoms. The number of aliphatic hydroxyl groups excluding tert-OH is 1. The molecule has 4 nitrogen and oxygen atoms in total. The van der Waals surface area contributed by atoms with Crippen LogP contribution in [-0.4, -0.2) is 22.5 Å². The maximum absolute atomic E-state index is 13.3. The predicted molar refractivity (Wildman–Crippen MR) is 78.0 cm³/mol. The van der Waals surface area contributed by atoms with Crippen molar-refractivity contribution >= 4 is 29.1 Å². The first-order valence-corrected chi connectivity index (χ1v) is 6.75. The van der Waals surface area contributed by atoms with E-state index in [4.69, 9.17) is 23.2 Å². The molecule has 1 unspecified atom stereocenters. The number of aromatic nitrogens is 1. The highest BCUT2D eigenvalue weighted by Crippen LogP contribution is 2.20. The van der Waals surface area contributed by atoms with E-state index < -0.39 is 17.8 Å². The minimum atomic E-state index is -1.04. The van der Waals surface area contributed by atoms with Crippen molar-refractivity contribution in [3.63, 3.8) is 0 Å². The molecule has 1 atom stereocenters. The lowest BCUT2D eigenvalue weighted by molar-refractivity contribution is 0.0916. The molecule has 1 aromatic carbocycles. The van der Waals surface area contributed by atoms with Gasteiger partial charge in [0.25, 0.3) is 5.91 Å². The lowest BCUT2D eigenvalue weighted by Crippen LogP contribution is -2.28. The Labute approximate surface area is 130 Å². The van der Waals surface area contributed by atoms with Gasteiger partial charge in [-0.1, -0.05) is 29.3 Å². The predicted octanol–water partition coefficient (Wildman–Crippen LogP) is 2.99. The van der Waals surface area contributed by atoms with Crippen LogP contribution in [0, 0.1) is 5.82 Å². The summed E-state index contributed by atoms with van der Waals surface area (Å²) in [6, 6.07) is 6.97. The monoisotopic (exact) mass is 328 g/mol. The molecule has 2 aromatic rings. The van der Waals surface area contributed by atoms with E-state index in [1.54, 1.807) is 0 Å². The summed E-state index contributed by atoms with van der Waals surface area (Å²) in [5, 5.41) is 12.7. The highest BCUT2D eigenvalue weighted by atomic mass is 35.5. The van der Waals surface area contributed by atoms with Gasteiger partial charge in [-0.25, -0.2) is 9.37 Å². The van der Waals surface area contributed by atoms with E-state index in [9.17, 15) is 14.3 Å². The zero-order valence-corrected chi connectivity index (χ0v) is 12.2. The van der Waals surface area contributed by atoms with Gasteiger partial charge in [0.15, 0.2) is 0 Å². The van der Waals surface area contributed by atoms with Gasteiger partial charge >= 0.3 is 0 Å². The van der Waals surface area contributed by atoms with E-state index in [2.05, 4.69) is 10.3 Å². The first-order chi connectivity index (χ1) is 9.97. The summed E-state index contributed by atoms with van der Waals surface area (Å²) >= 11 is 11.2. The summed E-state index contributed by atoms with van der Waals surface area (Å²) in [5.74, 6) is -1.03. The molecule has 1 aromatic heterocycles. The maximum Gasteiger partial charge on any atom is 0.252 e. The largest absolute Gasteiger partial charge is 0.387 e. The van der Waals surface area contributed by atoms with Gasteiger partial charge in [0.05, 0.1) is 16.7 Å². The lowest BCUT2D eigenvalue weighted by Gasteiger charge is -2.12.